The van der Waals surface area contributed by atoms with Crippen molar-refractivity contribution in [1.29, 1.82) is 0 Å². The Hall–Kier alpha value is -2.47. The molecular weight excluding hydrogens is 286 g/mol. The Kier molecular flexibility index (Phi) is 3.53. The summed E-state index contributed by atoms with van der Waals surface area (Å²) < 4.78 is 5.34. The third-order valence-corrected chi connectivity index (χ3v) is 3.80. The molecule has 0 atom stereocenters. The second kappa shape index (κ2) is 5.49. The van der Waals surface area contributed by atoms with Gasteiger partial charge >= 0.3 is 0 Å². The Morgan fingerprint density at radius 3 is 2.81 bits per heavy atom. The minimum Gasteiger partial charge on any atom is -0.445 e. The van der Waals surface area contributed by atoms with E-state index < -0.39 is 0 Å². The predicted octanol–water partition coefficient (Wildman–Crippen LogP) is 3.38. The maximum Gasteiger partial charge on any atom is 0.255 e. The number of nitrogens with zero attached hydrogens (tertiary/aromatic N) is 1. The van der Waals surface area contributed by atoms with Crippen molar-refractivity contribution in [2.24, 2.45) is 0 Å². The molecule has 5 nitrogen and oxygen atoms in total. The Morgan fingerprint density at radius 2 is 2.10 bits per heavy atom. The minimum absolute atomic E-state index is 0.203. The lowest BCUT2D eigenvalue weighted by molar-refractivity contribution is 0.102. The summed E-state index contributed by atoms with van der Waals surface area (Å²) in [7, 11) is 0. The van der Waals surface area contributed by atoms with E-state index in [9.17, 15) is 4.79 Å². The molecule has 0 aliphatic carbocycles. The normalized spacial score (nSPS) is 10.7. The third kappa shape index (κ3) is 2.71. The van der Waals surface area contributed by atoms with Gasteiger partial charge in [0.1, 0.15) is 6.26 Å². The highest BCUT2D eigenvalue weighted by molar-refractivity contribution is 7.98. The predicted molar refractivity (Wildman–Crippen MR) is 84.6 cm³/mol. The average Bonchev–Trinajstić information content (AvgIpc) is 2.90. The topological polar surface area (TPSA) is 81.2 Å². The van der Waals surface area contributed by atoms with Gasteiger partial charge in [-0.3, -0.25) is 4.79 Å². The molecule has 1 aromatic carbocycles. The van der Waals surface area contributed by atoms with Gasteiger partial charge in [0.2, 0.25) is 5.71 Å². The zero-order chi connectivity index (χ0) is 14.8. The summed E-state index contributed by atoms with van der Waals surface area (Å²) in [5.41, 5.74) is 7.96. The Morgan fingerprint density at radius 1 is 1.33 bits per heavy atom. The van der Waals surface area contributed by atoms with Crippen LogP contribution in [-0.4, -0.2) is 17.1 Å². The first-order valence-electron chi connectivity index (χ1n) is 6.25. The van der Waals surface area contributed by atoms with E-state index in [4.69, 9.17) is 10.2 Å². The number of pyridine rings is 1. The van der Waals surface area contributed by atoms with E-state index >= 15 is 0 Å². The standard InChI is InChI=1S/C15H13N3O2S/c1-21-13-8-20-15-12(13)6-11(7-17-15)18-14(19)9-2-4-10(16)5-3-9/h2-8H,16H2,1H3,(H,18,19). The molecule has 2 aromatic heterocycles. The van der Waals surface area contributed by atoms with Gasteiger partial charge in [-0.1, -0.05) is 0 Å². The summed E-state index contributed by atoms with van der Waals surface area (Å²) in [6.07, 6.45) is 5.20. The number of hydrogen-bond donors (Lipinski definition) is 2. The monoisotopic (exact) mass is 299 g/mol. The first-order valence-corrected chi connectivity index (χ1v) is 7.48. The number of nitrogen functional groups attached to an aromatic ring is 1. The SMILES string of the molecule is CSc1coc2ncc(NC(=O)c3ccc(N)cc3)cc12. The second-order valence-electron chi connectivity index (χ2n) is 4.46. The van der Waals surface area contributed by atoms with Crippen LogP contribution in [0.3, 0.4) is 0 Å². The summed E-state index contributed by atoms with van der Waals surface area (Å²) in [6.45, 7) is 0. The summed E-state index contributed by atoms with van der Waals surface area (Å²) in [5.74, 6) is -0.203. The molecule has 0 saturated carbocycles. The van der Waals surface area contributed by atoms with Crippen molar-refractivity contribution in [2.45, 2.75) is 4.90 Å². The highest BCUT2D eigenvalue weighted by Gasteiger charge is 2.10. The summed E-state index contributed by atoms with van der Waals surface area (Å²) in [4.78, 5) is 17.3. The van der Waals surface area contributed by atoms with Crippen LogP contribution in [0.15, 0.2) is 52.1 Å². The van der Waals surface area contributed by atoms with Crippen LogP contribution in [-0.2, 0) is 0 Å². The van der Waals surface area contributed by atoms with E-state index in [1.165, 1.54) is 0 Å². The van der Waals surface area contributed by atoms with Crippen LogP contribution in [0.2, 0.25) is 0 Å². The Bertz CT molecular complexity index is 796. The van der Waals surface area contributed by atoms with Crippen molar-refractivity contribution in [2.75, 3.05) is 17.3 Å². The molecule has 0 aliphatic rings. The van der Waals surface area contributed by atoms with Crippen molar-refractivity contribution < 1.29 is 9.21 Å². The molecule has 0 radical (unpaired) electrons. The van der Waals surface area contributed by atoms with Crippen LogP contribution < -0.4 is 11.1 Å². The fourth-order valence-electron chi connectivity index (χ4n) is 1.96. The van der Waals surface area contributed by atoms with Crippen LogP contribution in [0.5, 0.6) is 0 Å². The molecule has 0 unspecified atom stereocenters. The number of carbonyl (C=O) groups is 1. The molecule has 21 heavy (non-hydrogen) atoms. The van der Waals surface area contributed by atoms with Gasteiger partial charge in [0.15, 0.2) is 0 Å². The highest BCUT2D eigenvalue weighted by atomic mass is 32.2. The smallest absolute Gasteiger partial charge is 0.255 e. The van der Waals surface area contributed by atoms with Gasteiger partial charge in [-0.15, -0.1) is 11.8 Å². The number of aromatic nitrogens is 1. The number of rotatable bonds is 3. The molecule has 3 aromatic rings. The lowest BCUT2D eigenvalue weighted by Crippen LogP contribution is -2.11. The van der Waals surface area contributed by atoms with Gasteiger partial charge in [-0.05, 0) is 36.6 Å². The Labute approximate surface area is 125 Å². The van der Waals surface area contributed by atoms with Crippen LogP contribution in [0.25, 0.3) is 11.1 Å². The molecule has 2 heterocycles. The molecule has 0 bridgehead atoms. The summed E-state index contributed by atoms with van der Waals surface area (Å²) in [5, 5.41) is 3.70. The van der Waals surface area contributed by atoms with E-state index in [2.05, 4.69) is 10.3 Å². The van der Waals surface area contributed by atoms with E-state index in [0.29, 0.717) is 22.7 Å². The molecular formula is C15H13N3O2S. The number of furan rings is 1. The first-order chi connectivity index (χ1) is 10.2. The highest BCUT2D eigenvalue weighted by Crippen LogP contribution is 2.29. The van der Waals surface area contributed by atoms with Gasteiger partial charge in [0.05, 0.1) is 22.2 Å². The molecule has 3 N–H and O–H groups in total. The lowest BCUT2D eigenvalue weighted by Gasteiger charge is -2.05. The quantitative estimate of drug-likeness (QED) is 0.572. The van der Waals surface area contributed by atoms with Gasteiger partial charge in [-0.25, -0.2) is 4.98 Å². The molecule has 0 saturated heterocycles. The van der Waals surface area contributed by atoms with Crippen molar-refractivity contribution in [3.8, 4) is 0 Å². The van der Waals surface area contributed by atoms with E-state index in [-0.39, 0.29) is 5.91 Å². The fraction of sp³-hybridized carbons (Fsp3) is 0.0667. The summed E-state index contributed by atoms with van der Waals surface area (Å²) >= 11 is 1.57. The number of fused-ring (bicyclic) bond motifs is 1. The third-order valence-electron chi connectivity index (χ3n) is 3.04. The molecule has 0 aliphatic heterocycles. The van der Waals surface area contributed by atoms with E-state index in [1.807, 2.05) is 12.3 Å². The van der Waals surface area contributed by atoms with Crippen LogP contribution in [0.4, 0.5) is 11.4 Å². The zero-order valence-corrected chi connectivity index (χ0v) is 12.1. The van der Waals surface area contributed by atoms with Crippen LogP contribution in [0, 0.1) is 0 Å². The number of carbonyl (C=O) groups excluding carboxylic acids is 1. The van der Waals surface area contributed by atoms with Gasteiger partial charge in [0.25, 0.3) is 5.91 Å². The minimum atomic E-state index is -0.203. The molecule has 6 heteroatoms. The van der Waals surface area contributed by atoms with Crippen molar-refractivity contribution in [1.82, 2.24) is 4.98 Å². The van der Waals surface area contributed by atoms with Gasteiger partial charge < -0.3 is 15.5 Å². The first kappa shape index (κ1) is 13.5. The number of benzene rings is 1. The van der Waals surface area contributed by atoms with E-state index in [1.54, 1.807) is 48.5 Å². The van der Waals surface area contributed by atoms with Gasteiger partial charge in [0, 0.05) is 11.3 Å². The zero-order valence-electron chi connectivity index (χ0n) is 11.3. The van der Waals surface area contributed by atoms with E-state index in [0.717, 1.165) is 10.3 Å². The number of thioether (sulfide) groups is 1. The van der Waals surface area contributed by atoms with Crippen molar-refractivity contribution in [3.05, 3.63) is 48.4 Å². The Balaban J connectivity index is 1.87. The molecule has 0 fully saturated rings. The number of amides is 1. The molecule has 0 spiro atoms. The van der Waals surface area contributed by atoms with Crippen molar-refractivity contribution in [3.63, 3.8) is 0 Å². The average molecular weight is 299 g/mol. The number of hydrogen-bond acceptors (Lipinski definition) is 5. The molecule has 106 valence electrons. The van der Waals surface area contributed by atoms with Crippen LogP contribution in [0.1, 0.15) is 10.4 Å². The molecule has 3 rings (SSSR count). The fourth-order valence-corrected chi connectivity index (χ4v) is 2.47. The van der Waals surface area contributed by atoms with Crippen molar-refractivity contribution >= 4 is 40.1 Å². The second-order valence-corrected chi connectivity index (χ2v) is 5.30. The van der Waals surface area contributed by atoms with Crippen LogP contribution >= 0.6 is 11.8 Å². The number of nitrogens with one attached hydrogen (secondary N) is 1. The maximum absolute atomic E-state index is 12.1. The maximum atomic E-state index is 12.1. The largest absolute Gasteiger partial charge is 0.445 e. The lowest BCUT2D eigenvalue weighted by atomic mass is 10.2. The number of anilines is 2. The summed E-state index contributed by atoms with van der Waals surface area (Å²) in [6, 6.07) is 8.60. The van der Waals surface area contributed by atoms with Gasteiger partial charge in [-0.2, -0.15) is 0 Å². The molecule has 1 amide bonds. The number of nitrogens with two attached hydrogens (primary N) is 1.